The number of carboxylic acids is 1. The average Bonchev–Trinajstić information content (AvgIpc) is 2.76. The Hall–Kier alpha value is -1.88. The van der Waals surface area contributed by atoms with Gasteiger partial charge >= 0.3 is 5.97 Å². The number of aliphatic carboxylic acids is 1. The molecule has 1 aliphatic rings. The minimum Gasteiger partial charge on any atom is -0.480 e. The minimum atomic E-state index is -0.955. The number of rotatable bonds is 4. The van der Waals surface area contributed by atoms with Crippen molar-refractivity contribution in [1.29, 1.82) is 0 Å². The number of hydrogen-bond donors (Lipinski definition) is 2. The maximum absolute atomic E-state index is 12.4. The summed E-state index contributed by atoms with van der Waals surface area (Å²) in [7, 11) is 0. The van der Waals surface area contributed by atoms with E-state index in [2.05, 4.69) is 5.32 Å². The quantitative estimate of drug-likeness (QED) is 0.887. The summed E-state index contributed by atoms with van der Waals surface area (Å²) in [4.78, 5) is 25.3. The number of carboxylic acid groups (broad SMARTS) is 1. The number of carbonyl (C=O) groups is 2. The highest BCUT2D eigenvalue weighted by molar-refractivity contribution is 6.01. The summed E-state index contributed by atoms with van der Waals surface area (Å²) < 4.78 is 0. The Bertz CT molecular complexity index is 549. The number of anilines is 1. The van der Waals surface area contributed by atoms with Gasteiger partial charge in [0.2, 0.25) is 5.91 Å². The van der Waals surface area contributed by atoms with Crippen molar-refractivity contribution in [1.82, 2.24) is 5.32 Å². The SMILES string of the molecule is CC(C)(C)NCCC(=O)N1c2ccccc2CC1C(=O)O. The Kier molecular flexibility index (Phi) is 4.32. The Morgan fingerprint density at radius 2 is 2.00 bits per heavy atom. The smallest absolute Gasteiger partial charge is 0.327 e. The first-order valence-electron chi connectivity index (χ1n) is 7.17. The summed E-state index contributed by atoms with van der Waals surface area (Å²) in [6.07, 6.45) is 0.666. The second kappa shape index (κ2) is 5.85. The maximum Gasteiger partial charge on any atom is 0.327 e. The molecule has 0 radical (unpaired) electrons. The predicted molar refractivity (Wildman–Crippen MR) is 81.4 cm³/mol. The molecule has 114 valence electrons. The monoisotopic (exact) mass is 290 g/mol. The van der Waals surface area contributed by atoms with Gasteiger partial charge in [0.15, 0.2) is 0 Å². The molecule has 2 N–H and O–H groups in total. The van der Waals surface area contributed by atoms with Gasteiger partial charge in [-0.2, -0.15) is 0 Å². The molecule has 0 saturated heterocycles. The molecule has 0 bridgehead atoms. The van der Waals surface area contributed by atoms with Gasteiger partial charge in [-0.3, -0.25) is 9.69 Å². The van der Waals surface area contributed by atoms with Crippen LogP contribution >= 0.6 is 0 Å². The molecule has 0 aromatic heterocycles. The van der Waals surface area contributed by atoms with Crippen LogP contribution in [0.2, 0.25) is 0 Å². The fraction of sp³-hybridized carbons (Fsp3) is 0.500. The van der Waals surface area contributed by atoms with E-state index in [1.807, 2.05) is 45.0 Å². The zero-order chi connectivity index (χ0) is 15.6. The van der Waals surface area contributed by atoms with Crippen molar-refractivity contribution < 1.29 is 14.7 Å². The molecule has 2 rings (SSSR count). The lowest BCUT2D eigenvalue weighted by atomic mass is 10.1. The number of hydrogen-bond acceptors (Lipinski definition) is 3. The first-order valence-corrected chi connectivity index (χ1v) is 7.17. The Balaban J connectivity index is 2.11. The van der Waals surface area contributed by atoms with Gasteiger partial charge in [-0.05, 0) is 32.4 Å². The molecule has 0 saturated carbocycles. The molecule has 1 aromatic carbocycles. The zero-order valence-corrected chi connectivity index (χ0v) is 12.7. The van der Waals surface area contributed by atoms with Crippen LogP contribution in [0.15, 0.2) is 24.3 Å². The largest absolute Gasteiger partial charge is 0.480 e. The van der Waals surface area contributed by atoms with Crippen LogP contribution in [-0.4, -0.2) is 35.1 Å². The highest BCUT2D eigenvalue weighted by Gasteiger charge is 2.37. The molecule has 1 unspecified atom stereocenters. The number of amides is 1. The number of carbonyl (C=O) groups excluding carboxylic acids is 1. The van der Waals surface area contributed by atoms with Crippen LogP contribution in [0.25, 0.3) is 0 Å². The van der Waals surface area contributed by atoms with Crippen LogP contribution in [0, 0.1) is 0 Å². The Labute approximate surface area is 125 Å². The highest BCUT2D eigenvalue weighted by atomic mass is 16.4. The molecule has 1 aliphatic heterocycles. The van der Waals surface area contributed by atoms with Crippen molar-refractivity contribution in [2.24, 2.45) is 0 Å². The minimum absolute atomic E-state index is 0.0601. The van der Waals surface area contributed by atoms with Crippen LogP contribution in [0.4, 0.5) is 5.69 Å². The molecule has 0 spiro atoms. The molecule has 1 aromatic rings. The van der Waals surface area contributed by atoms with Gasteiger partial charge in [-0.15, -0.1) is 0 Å². The maximum atomic E-state index is 12.4. The number of nitrogens with one attached hydrogen (secondary N) is 1. The highest BCUT2D eigenvalue weighted by Crippen LogP contribution is 2.32. The predicted octanol–water partition coefficient (Wildman–Crippen LogP) is 1.81. The zero-order valence-electron chi connectivity index (χ0n) is 12.7. The summed E-state index contributed by atoms with van der Waals surface area (Å²) in [6, 6.07) is 6.60. The lowest BCUT2D eigenvalue weighted by molar-refractivity contribution is -0.139. The topological polar surface area (TPSA) is 69.6 Å². The summed E-state index contributed by atoms with van der Waals surface area (Å²) >= 11 is 0. The summed E-state index contributed by atoms with van der Waals surface area (Å²) in [6.45, 7) is 6.63. The second-order valence-electron chi connectivity index (χ2n) is 6.38. The molecule has 1 amide bonds. The van der Waals surface area contributed by atoms with Gasteiger partial charge in [-0.1, -0.05) is 18.2 Å². The van der Waals surface area contributed by atoms with Crippen molar-refractivity contribution in [2.75, 3.05) is 11.4 Å². The lowest BCUT2D eigenvalue weighted by Crippen LogP contribution is -2.45. The van der Waals surface area contributed by atoms with E-state index in [0.29, 0.717) is 13.0 Å². The number of para-hydroxylation sites is 1. The third kappa shape index (κ3) is 3.61. The Morgan fingerprint density at radius 1 is 1.33 bits per heavy atom. The van der Waals surface area contributed by atoms with Crippen molar-refractivity contribution in [3.8, 4) is 0 Å². The van der Waals surface area contributed by atoms with Crippen LogP contribution in [0.1, 0.15) is 32.8 Å². The molecule has 1 atom stereocenters. The standard InChI is InChI=1S/C16H22N2O3/c1-16(2,3)17-9-8-14(19)18-12-7-5-4-6-11(12)10-13(18)15(20)21/h4-7,13,17H,8-10H2,1-3H3,(H,20,21). The van der Waals surface area contributed by atoms with Crippen molar-refractivity contribution in [3.05, 3.63) is 29.8 Å². The van der Waals surface area contributed by atoms with Gasteiger partial charge in [0, 0.05) is 30.6 Å². The van der Waals surface area contributed by atoms with Crippen molar-refractivity contribution in [3.63, 3.8) is 0 Å². The fourth-order valence-corrected chi connectivity index (χ4v) is 2.56. The van der Waals surface area contributed by atoms with Crippen LogP contribution in [-0.2, 0) is 16.0 Å². The lowest BCUT2D eigenvalue weighted by Gasteiger charge is -2.24. The van der Waals surface area contributed by atoms with E-state index >= 15 is 0 Å². The summed E-state index contributed by atoms with van der Waals surface area (Å²) in [5.41, 5.74) is 1.59. The third-order valence-corrected chi connectivity index (χ3v) is 3.52. The van der Waals surface area contributed by atoms with E-state index in [1.54, 1.807) is 0 Å². The molecule has 5 nitrogen and oxygen atoms in total. The van der Waals surface area contributed by atoms with E-state index < -0.39 is 12.0 Å². The van der Waals surface area contributed by atoms with Crippen LogP contribution in [0.5, 0.6) is 0 Å². The molecule has 0 aliphatic carbocycles. The molecule has 21 heavy (non-hydrogen) atoms. The van der Waals surface area contributed by atoms with Crippen LogP contribution in [0.3, 0.4) is 0 Å². The summed E-state index contributed by atoms with van der Waals surface area (Å²) in [5.74, 6) is -1.10. The summed E-state index contributed by atoms with van der Waals surface area (Å²) in [5, 5.41) is 12.6. The number of fused-ring (bicyclic) bond motifs is 1. The van der Waals surface area contributed by atoms with Gasteiger partial charge in [-0.25, -0.2) is 4.79 Å². The molecule has 5 heteroatoms. The normalized spacial score (nSPS) is 17.7. The number of benzene rings is 1. The van der Waals surface area contributed by atoms with Gasteiger partial charge in [0.05, 0.1) is 0 Å². The van der Waals surface area contributed by atoms with Gasteiger partial charge in [0.1, 0.15) is 6.04 Å². The van der Waals surface area contributed by atoms with E-state index in [4.69, 9.17) is 0 Å². The first kappa shape index (κ1) is 15.5. The Morgan fingerprint density at radius 3 is 2.62 bits per heavy atom. The van der Waals surface area contributed by atoms with E-state index in [9.17, 15) is 14.7 Å². The van der Waals surface area contributed by atoms with E-state index in [0.717, 1.165) is 11.3 Å². The van der Waals surface area contributed by atoms with Crippen molar-refractivity contribution >= 4 is 17.6 Å². The van der Waals surface area contributed by atoms with E-state index in [1.165, 1.54) is 4.90 Å². The first-order chi connectivity index (χ1) is 9.79. The average molecular weight is 290 g/mol. The van der Waals surface area contributed by atoms with E-state index in [-0.39, 0.29) is 17.9 Å². The molecular weight excluding hydrogens is 268 g/mol. The van der Waals surface area contributed by atoms with Gasteiger partial charge < -0.3 is 10.4 Å². The van der Waals surface area contributed by atoms with Gasteiger partial charge in [0.25, 0.3) is 0 Å². The number of nitrogens with zero attached hydrogens (tertiary/aromatic N) is 1. The second-order valence-corrected chi connectivity index (χ2v) is 6.38. The molecular formula is C16H22N2O3. The molecule has 1 heterocycles. The molecule has 0 fully saturated rings. The van der Waals surface area contributed by atoms with Crippen LogP contribution < -0.4 is 10.2 Å². The third-order valence-electron chi connectivity index (χ3n) is 3.52. The fourth-order valence-electron chi connectivity index (χ4n) is 2.56. The van der Waals surface area contributed by atoms with Crippen molar-refractivity contribution in [2.45, 2.75) is 45.2 Å².